The minimum absolute atomic E-state index is 0.492. The molecule has 2 aromatic rings. The van der Waals surface area contributed by atoms with E-state index in [-0.39, 0.29) is 0 Å². The van der Waals surface area contributed by atoms with E-state index in [1.165, 1.54) is 19.3 Å². The minimum Gasteiger partial charge on any atom is -0.410 e. The summed E-state index contributed by atoms with van der Waals surface area (Å²) in [6, 6.07) is 8.90. The summed E-state index contributed by atoms with van der Waals surface area (Å²) in [4.78, 5) is 22.5. The topological polar surface area (TPSA) is 67.4 Å². The molecule has 0 radical (unpaired) electrons. The molecule has 1 amide bonds. The van der Waals surface area contributed by atoms with Gasteiger partial charge in [-0.2, -0.15) is 0 Å². The van der Waals surface area contributed by atoms with Crippen LogP contribution in [0.4, 0.5) is 16.4 Å². The first-order valence-electron chi connectivity index (χ1n) is 7.42. The molecule has 0 atom stereocenters. The van der Waals surface area contributed by atoms with Crippen molar-refractivity contribution in [3.63, 3.8) is 0 Å². The Morgan fingerprint density at radius 1 is 1.05 bits per heavy atom. The van der Waals surface area contributed by atoms with Crippen molar-refractivity contribution in [3.8, 4) is 5.75 Å². The Labute approximate surface area is 129 Å². The number of nitrogens with zero attached hydrogens (tertiary/aromatic N) is 3. The molecular weight excluding hydrogens is 280 g/mol. The molecule has 1 aliphatic rings. The molecule has 6 heteroatoms. The van der Waals surface area contributed by atoms with Crippen LogP contribution < -0.4 is 15.0 Å². The fourth-order valence-electron chi connectivity index (χ4n) is 2.38. The van der Waals surface area contributed by atoms with Crippen LogP contribution >= 0.6 is 0 Å². The van der Waals surface area contributed by atoms with Crippen molar-refractivity contribution in [2.75, 3.05) is 23.3 Å². The van der Waals surface area contributed by atoms with Crippen LogP contribution in [0.1, 0.15) is 19.3 Å². The van der Waals surface area contributed by atoms with Crippen molar-refractivity contribution in [2.45, 2.75) is 19.3 Å². The zero-order valence-electron chi connectivity index (χ0n) is 12.2. The Bertz CT molecular complexity index is 610. The highest BCUT2D eigenvalue weighted by atomic mass is 16.6. The number of amides is 1. The second kappa shape index (κ2) is 6.89. The van der Waals surface area contributed by atoms with Crippen molar-refractivity contribution in [1.82, 2.24) is 9.97 Å². The number of carbonyl (C=O) groups excluding carboxylic acids is 1. The fourth-order valence-corrected chi connectivity index (χ4v) is 2.38. The van der Waals surface area contributed by atoms with E-state index in [1.54, 1.807) is 36.7 Å². The van der Waals surface area contributed by atoms with Gasteiger partial charge in [0, 0.05) is 13.1 Å². The first-order valence-corrected chi connectivity index (χ1v) is 7.42. The molecule has 22 heavy (non-hydrogen) atoms. The number of hydrogen-bond donors (Lipinski definition) is 1. The van der Waals surface area contributed by atoms with Crippen LogP contribution in [0.2, 0.25) is 0 Å². The van der Waals surface area contributed by atoms with Crippen molar-refractivity contribution in [3.05, 3.63) is 42.7 Å². The zero-order valence-corrected chi connectivity index (χ0v) is 12.2. The molecule has 2 heterocycles. The molecule has 1 aliphatic heterocycles. The third-order valence-corrected chi connectivity index (χ3v) is 3.48. The normalized spacial score (nSPS) is 14.5. The van der Waals surface area contributed by atoms with Gasteiger partial charge >= 0.3 is 6.09 Å². The average molecular weight is 298 g/mol. The maximum absolute atomic E-state index is 11.8. The van der Waals surface area contributed by atoms with Gasteiger partial charge in [0.15, 0.2) is 0 Å². The summed E-state index contributed by atoms with van der Waals surface area (Å²) in [5.74, 6) is 1.20. The number of piperidine rings is 1. The molecule has 1 aromatic heterocycles. The molecule has 1 fully saturated rings. The minimum atomic E-state index is -0.555. The highest BCUT2D eigenvalue weighted by Crippen LogP contribution is 2.16. The monoisotopic (exact) mass is 298 g/mol. The molecule has 0 spiro atoms. The second-order valence-corrected chi connectivity index (χ2v) is 5.15. The number of carbonyl (C=O) groups is 1. The summed E-state index contributed by atoms with van der Waals surface area (Å²) in [7, 11) is 0. The molecule has 1 N–H and O–H groups in total. The summed E-state index contributed by atoms with van der Waals surface area (Å²) >= 11 is 0. The Hall–Kier alpha value is -2.63. The Kier molecular flexibility index (Phi) is 4.48. The van der Waals surface area contributed by atoms with Crippen molar-refractivity contribution >= 4 is 17.7 Å². The SMILES string of the molecule is O=C(Nc1cnc(N2CCCCC2)nc1)Oc1ccccc1. The van der Waals surface area contributed by atoms with Crippen LogP contribution in [0, 0.1) is 0 Å². The predicted octanol–water partition coefficient (Wildman–Crippen LogP) is 3.08. The first kappa shape index (κ1) is 14.3. The molecule has 0 unspecified atom stereocenters. The third-order valence-electron chi connectivity index (χ3n) is 3.48. The lowest BCUT2D eigenvalue weighted by Gasteiger charge is -2.26. The molecule has 0 aliphatic carbocycles. The van der Waals surface area contributed by atoms with Gasteiger partial charge < -0.3 is 9.64 Å². The van der Waals surface area contributed by atoms with Gasteiger partial charge in [0.2, 0.25) is 5.95 Å². The van der Waals surface area contributed by atoms with Crippen molar-refractivity contribution < 1.29 is 9.53 Å². The van der Waals surface area contributed by atoms with Crippen LogP contribution in [0.15, 0.2) is 42.7 Å². The highest BCUT2D eigenvalue weighted by Gasteiger charge is 2.13. The molecule has 0 saturated carbocycles. The number of aromatic nitrogens is 2. The quantitative estimate of drug-likeness (QED) is 0.943. The fraction of sp³-hybridized carbons (Fsp3) is 0.312. The lowest BCUT2D eigenvalue weighted by atomic mass is 10.1. The maximum Gasteiger partial charge on any atom is 0.417 e. The summed E-state index contributed by atoms with van der Waals surface area (Å²) in [6.45, 7) is 1.98. The van der Waals surface area contributed by atoms with E-state index < -0.39 is 6.09 Å². The van der Waals surface area contributed by atoms with Gasteiger partial charge in [-0.05, 0) is 31.4 Å². The van der Waals surface area contributed by atoms with Crippen LogP contribution in [0.3, 0.4) is 0 Å². The Balaban J connectivity index is 1.57. The number of benzene rings is 1. The van der Waals surface area contributed by atoms with Gasteiger partial charge in [-0.15, -0.1) is 0 Å². The van der Waals surface area contributed by atoms with Crippen LogP contribution in [-0.4, -0.2) is 29.2 Å². The molecule has 3 rings (SSSR count). The van der Waals surface area contributed by atoms with E-state index in [9.17, 15) is 4.79 Å². The van der Waals surface area contributed by atoms with Crippen LogP contribution in [0.5, 0.6) is 5.75 Å². The third kappa shape index (κ3) is 3.72. The van der Waals surface area contributed by atoms with E-state index in [0.29, 0.717) is 17.4 Å². The van der Waals surface area contributed by atoms with Crippen LogP contribution in [-0.2, 0) is 0 Å². The smallest absolute Gasteiger partial charge is 0.410 e. The van der Waals surface area contributed by atoms with Gasteiger partial charge in [0.05, 0.1) is 18.1 Å². The van der Waals surface area contributed by atoms with Crippen molar-refractivity contribution in [1.29, 1.82) is 0 Å². The van der Waals surface area contributed by atoms with Gasteiger partial charge in [0.25, 0.3) is 0 Å². The molecule has 0 bridgehead atoms. The summed E-state index contributed by atoms with van der Waals surface area (Å²) in [6.07, 6.45) is 6.26. The van der Waals surface area contributed by atoms with Crippen LogP contribution in [0.25, 0.3) is 0 Å². The van der Waals surface area contributed by atoms with E-state index >= 15 is 0 Å². The molecular formula is C16H18N4O2. The van der Waals surface area contributed by atoms with E-state index in [1.807, 2.05) is 6.07 Å². The number of anilines is 2. The molecule has 1 aromatic carbocycles. The van der Waals surface area contributed by atoms with E-state index in [4.69, 9.17) is 4.74 Å². The Morgan fingerprint density at radius 2 is 1.73 bits per heavy atom. The van der Waals surface area contributed by atoms with Gasteiger partial charge in [-0.1, -0.05) is 18.2 Å². The summed E-state index contributed by atoms with van der Waals surface area (Å²) in [5, 5.41) is 2.62. The summed E-state index contributed by atoms with van der Waals surface area (Å²) < 4.78 is 5.15. The van der Waals surface area contributed by atoms with Gasteiger partial charge in [-0.3, -0.25) is 5.32 Å². The molecule has 1 saturated heterocycles. The lowest BCUT2D eigenvalue weighted by molar-refractivity contribution is 0.215. The Morgan fingerprint density at radius 3 is 2.41 bits per heavy atom. The standard InChI is InChI=1S/C16H18N4O2/c21-16(22-14-7-3-1-4-8-14)19-13-11-17-15(18-12-13)20-9-5-2-6-10-20/h1,3-4,7-8,11-12H,2,5-6,9-10H2,(H,19,21). The number of rotatable bonds is 3. The predicted molar refractivity (Wildman–Crippen MR) is 84.2 cm³/mol. The average Bonchev–Trinajstić information content (AvgIpc) is 2.57. The van der Waals surface area contributed by atoms with E-state index in [0.717, 1.165) is 13.1 Å². The highest BCUT2D eigenvalue weighted by molar-refractivity contribution is 5.85. The number of nitrogens with one attached hydrogen (secondary N) is 1. The summed E-state index contributed by atoms with van der Waals surface area (Å²) in [5.41, 5.74) is 0.515. The first-order chi connectivity index (χ1) is 10.8. The largest absolute Gasteiger partial charge is 0.417 e. The number of para-hydroxylation sites is 1. The van der Waals surface area contributed by atoms with E-state index in [2.05, 4.69) is 20.2 Å². The number of ether oxygens (including phenoxy) is 1. The molecule has 114 valence electrons. The number of hydrogen-bond acceptors (Lipinski definition) is 5. The van der Waals surface area contributed by atoms with Gasteiger partial charge in [0.1, 0.15) is 5.75 Å². The lowest BCUT2D eigenvalue weighted by Crippen LogP contribution is -2.31. The zero-order chi connectivity index (χ0) is 15.2. The van der Waals surface area contributed by atoms with Gasteiger partial charge in [-0.25, -0.2) is 14.8 Å². The molecule has 6 nitrogen and oxygen atoms in total. The second-order valence-electron chi connectivity index (χ2n) is 5.15. The van der Waals surface area contributed by atoms with Crippen molar-refractivity contribution in [2.24, 2.45) is 0 Å². The maximum atomic E-state index is 11.8.